The third-order valence-electron chi connectivity index (χ3n) is 7.90. The fraction of sp³-hybridized carbons (Fsp3) is 0.500. The van der Waals surface area contributed by atoms with E-state index in [1.165, 1.54) is 27.8 Å². The molecule has 0 heterocycles. The minimum Gasteiger partial charge on any atom is -0.660 e. The molecule has 0 unspecified atom stereocenters. The van der Waals surface area contributed by atoms with E-state index >= 15 is 0 Å². The van der Waals surface area contributed by atoms with E-state index < -0.39 is 0 Å². The summed E-state index contributed by atoms with van der Waals surface area (Å²) in [4.78, 5) is 5.46. The molecule has 2 nitrogen and oxygen atoms in total. The van der Waals surface area contributed by atoms with Crippen LogP contribution in [0.2, 0.25) is 0 Å². The number of aliphatic imine (C=N–C) groups is 1. The van der Waals surface area contributed by atoms with Gasteiger partial charge in [0.2, 0.25) is 0 Å². The first-order chi connectivity index (χ1) is 20.3. The summed E-state index contributed by atoms with van der Waals surface area (Å²) in [7, 11) is 0. The van der Waals surface area contributed by atoms with Crippen LogP contribution in [0, 0.1) is 17.8 Å². The van der Waals surface area contributed by atoms with Crippen LogP contribution in [-0.4, -0.2) is 5.71 Å². The molecule has 45 heavy (non-hydrogen) atoms. The van der Waals surface area contributed by atoms with Crippen molar-refractivity contribution in [3.8, 4) is 0 Å². The Labute approximate surface area is 287 Å². The normalized spacial score (nSPS) is 12.8. The standard InChI is InChI=1S/C35H53N2.C7H8.Ni/c1-22(2)26-17-15-18-27(23(3)4)32(26)36-30(34(9,10)11)21-31(35(12,13)14)37-33-28(24(5)6)19-16-20-29(33)25(7)8;1-7-5-3-2-4-6-7;/h15-25H,1-14H3;2-6H,1H3;/q-1;;/b30-21-,37-31?;;. The molecule has 0 N–H and O–H groups in total. The van der Waals surface area contributed by atoms with Gasteiger partial charge in [0.15, 0.2) is 0 Å². The van der Waals surface area contributed by atoms with Gasteiger partial charge in [-0.3, -0.25) is 4.99 Å². The van der Waals surface area contributed by atoms with Crippen molar-refractivity contribution in [2.45, 2.75) is 128 Å². The number of hydrogen-bond donors (Lipinski definition) is 0. The van der Waals surface area contributed by atoms with Crippen molar-refractivity contribution >= 4 is 17.1 Å². The van der Waals surface area contributed by atoms with Crippen LogP contribution in [0.5, 0.6) is 0 Å². The third-order valence-corrected chi connectivity index (χ3v) is 7.90. The molecule has 0 aliphatic carbocycles. The van der Waals surface area contributed by atoms with Gasteiger partial charge < -0.3 is 5.32 Å². The first kappa shape index (κ1) is 40.4. The fourth-order valence-electron chi connectivity index (χ4n) is 5.02. The molecule has 0 saturated carbocycles. The summed E-state index contributed by atoms with van der Waals surface area (Å²) in [5.41, 5.74) is 10.7. The van der Waals surface area contributed by atoms with Crippen LogP contribution in [0.25, 0.3) is 5.32 Å². The molecule has 0 amide bonds. The van der Waals surface area contributed by atoms with Crippen molar-refractivity contribution in [3.63, 3.8) is 0 Å². The number of benzene rings is 3. The van der Waals surface area contributed by atoms with Crippen LogP contribution < -0.4 is 0 Å². The molecule has 3 heteroatoms. The first-order valence-electron chi connectivity index (χ1n) is 16.6. The molecule has 3 rings (SSSR count). The molecule has 0 saturated heterocycles. The van der Waals surface area contributed by atoms with Gasteiger partial charge in [-0.05, 0) is 47.1 Å². The van der Waals surface area contributed by atoms with Crippen LogP contribution in [-0.2, 0) is 16.5 Å². The van der Waals surface area contributed by atoms with Gasteiger partial charge in [-0.1, -0.05) is 186 Å². The van der Waals surface area contributed by atoms with Gasteiger partial charge in [-0.2, -0.15) is 5.70 Å². The summed E-state index contributed by atoms with van der Waals surface area (Å²) in [5, 5.41) is 5.46. The summed E-state index contributed by atoms with van der Waals surface area (Å²) in [6.07, 6.45) is 2.28. The molecule has 0 aromatic heterocycles. The van der Waals surface area contributed by atoms with Crippen molar-refractivity contribution in [2.75, 3.05) is 0 Å². The van der Waals surface area contributed by atoms with Crippen molar-refractivity contribution in [3.05, 3.63) is 112 Å². The average molecular weight is 653 g/mol. The molecule has 0 radical (unpaired) electrons. The van der Waals surface area contributed by atoms with Crippen LogP contribution in [0.4, 0.5) is 11.4 Å². The minimum atomic E-state index is -0.136. The summed E-state index contributed by atoms with van der Waals surface area (Å²) in [5.74, 6) is 1.61. The predicted octanol–water partition coefficient (Wildman–Crippen LogP) is 13.9. The Hall–Kier alpha value is -2.64. The van der Waals surface area contributed by atoms with Crippen molar-refractivity contribution < 1.29 is 16.5 Å². The van der Waals surface area contributed by atoms with E-state index in [0.29, 0.717) is 23.7 Å². The third kappa shape index (κ3) is 11.9. The molecule has 0 bridgehead atoms. The summed E-state index contributed by atoms with van der Waals surface area (Å²) < 4.78 is 0. The zero-order chi connectivity index (χ0) is 33.4. The Kier molecular flexibility index (Phi) is 15.6. The molecular weight excluding hydrogens is 591 g/mol. The van der Waals surface area contributed by atoms with Crippen molar-refractivity contribution in [1.29, 1.82) is 0 Å². The molecule has 0 aliphatic rings. The fourth-order valence-corrected chi connectivity index (χ4v) is 5.02. The Morgan fingerprint density at radius 3 is 1.29 bits per heavy atom. The summed E-state index contributed by atoms with van der Waals surface area (Å²) in [6.45, 7) is 33.7. The predicted molar refractivity (Wildman–Crippen MR) is 198 cm³/mol. The second-order valence-electron chi connectivity index (χ2n) is 15.5. The van der Waals surface area contributed by atoms with E-state index in [-0.39, 0.29) is 27.3 Å². The van der Waals surface area contributed by atoms with Crippen LogP contribution >= 0.6 is 0 Å². The molecule has 0 aliphatic heterocycles. The molecule has 250 valence electrons. The number of nitrogens with zero attached hydrogens (tertiary/aromatic N) is 2. The maximum atomic E-state index is 5.46. The Morgan fingerprint density at radius 1 is 0.578 bits per heavy atom. The topological polar surface area (TPSA) is 26.5 Å². The Balaban J connectivity index is 0.00000111. The number of aryl methyl sites for hydroxylation is 1. The van der Waals surface area contributed by atoms with Crippen molar-refractivity contribution in [1.82, 2.24) is 0 Å². The Morgan fingerprint density at radius 2 is 0.978 bits per heavy atom. The van der Waals surface area contributed by atoms with Gasteiger partial charge in [-0.25, -0.2) is 0 Å². The summed E-state index contributed by atoms with van der Waals surface area (Å²) >= 11 is 0. The quantitative estimate of drug-likeness (QED) is 0.171. The second kappa shape index (κ2) is 17.3. The smallest absolute Gasteiger partial charge is 0.0702 e. The van der Waals surface area contributed by atoms with Gasteiger partial charge in [0.1, 0.15) is 0 Å². The van der Waals surface area contributed by atoms with Crippen LogP contribution in [0.3, 0.4) is 0 Å². The summed E-state index contributed by atoms with van der Waals surface area (Å²) in [6, 6.07) is 23.6. The monoisotopic (exact) mass is 651 g/mol. The minimum absolute atomic E-state index is 0. The van der Waals surface area contributed by atoms with E-state index in [1.807, 2.05) is 18.2 Å². The Bertz CT molecular complexity index is 1340. The molecular formula is C42H61N2Ni-. The number of allylic oxidation sites excluding steroid dienone is 2. The van der Waals surface area contributed by atoms with Gasteiger partial charge in [-0.15, -0.1) is 5.69 Å². The SMILES string of the molecule is CC(C)c1cccc(C(C)C)c1N=C(/C=C(\[N-]c1c(C(C)C)cccc1C(C)C)C(C)(C)C)C(C)(C)C.Cc1ccccc1.[Ni]. The van der Waals surface area contributed by atoms with Crippen LogP contribution in [0.15, 0.2) is 83.5 Å². The maximum absolute atomic E-state index is 5.46. The van der Waals surface area contributed by atoms with E-state index in [0.717, 1.165) is 22.8 Å². The number of para-hydroxylation sites is 2. The van der Waals surface area contributed by atoms with E-state index in [9.17, 15) is 0 Å². The molecule has 0 spiro atoms. The van der Waals surface area contributed by atoms with E-state index in [2.05, 4.69) is 158 Å². The molecule has 3 aromatic carbocycles. The van der Waals surface area contributed by atoms with Gasteiger partial charge >= 0.3 is 0 Å². The average Bonchev–Trinajstić information content (AvgIpc) is 2.91. The molecule has 0 atom stereocenters. The molecule has 0 fully saturated rings. The zero-order valence-corrected chi connectivity index (χ0v) is 31.9. The first-order valence-corrected chi connectivity index (χ1v) is 16.6. The van der Waals surface area contributed by atoms with Gasteiger partial charge in [0.05, 0.1) is 5.69 Å². The van der Waals surface area contributed by atoms with E-state index in [1.54, 1.807) is 0 Å². The largest absolute Gasteiger partial charge is 0.660 e. The van der Waals surface area contributed by atoms with Gasteiger partial charge in [0.25, 0.3) is 0 Å². The van der Waals surface area contributed by atoms with Gasteiger partial charge in [0, 0.05) is 27.6 Å². The number of hydrogen-bond acceptors (Lipinski definition) is 1. The second-order valence-corrected chi connectivity index (χ2v) is 15.5. The maximum Gasteiger partial charge on any atom is 0.0702 e. The zero-order valence-electron chi connectivity index (χ0n) is 30.9. The van der Waals surface area contributed by atoms with Crippen LogP contribution in [0.1, 0.15) is 148 Å². The number of rotatable bonds is 8. The van der Waals surface area contributed by atoms with Crippen molar-refractivity contribution in [2.24, 2.45) is 15.8 Å². The molecule has 3 aromatic rings. The van der Waals surface area contributed by atoms with E-state index in [4.69, 9.17) is 10.3 Å².